The maximum absolute atomic E-state index is 11.7. The van der Waals surface area contributed by atoms with Crippen LogP contribution in [0.5, 0.6) is 0 Å². The lowest BCUT2D eigenvalue weighted by molar-refractivity contribution is -0.142. The number of amides is 2. The molecule has 0 saturated carbocycles. The van der Waals surface area contributed by atoms with E-state index in [1.54, 1.807) is 20.8 Å². The van der Waals surface area contributed by atoms with E-state index in [0.29, 0.717) is 0 Å². The van der Waals surface area contributed by atoms with Gasteiger partial charge in [-0.2, -0.15) is 0 Å². The molecule has 0 bridgehead atoms. The minimum atomic E-state index is -1.37. The lowest BCUT2D eigenvalue weighted by Gasteiger charge is -2.24. The molecule has 0 spiro atoms. The molecule has 22 heavy (non-hydrogen) atoms. The zero-order valence-electron chi connectivity index (χ0n) is 12.7. The molecule has 9 heteroatoms. The second kappa shape index (κ2) is 6.63. The molecule has 1 saturated heterocycles. The third-order valence-electron chi connectivity index (χ3n) is 2.96. The number of nitrogens with zero attached hydrogens (tertiary/aromatic N) is 1. The molecule has 3 N–H and O–H groups in total. The molecule has 1 fully saturated rings. The van der Waals surface area contributed by atoms with E-state index in [1.807, 2.05) is 0 Å². The minimum absolute atomic E-state index is 0.0755. The fraction of sp³-hybridized carbons (Fsp3) is 0.692. The molecule has 0 aromatic heterocycles. The molecule has 1 rings (SSSR count). The summed E-state index contributed by atoms with van der Waals surface area (Å²) >= 11 is 0. The molecule has 0 aliphatic carbocycles. The van der Waals surface area contributed by atoms with Gasteiger partial charge in [0.25, 0.3) is 0 Å². The van der Waals surface area contributed by atoms with Gasteiger partial charge < -0.3 is 25.2 Å². The van der Waals surface area contributed by atoms with E-state index in [-0.39, 0.29) is 19.5 Å². The Bertz CT molecular complexity index is 483. The Morgan fingerprint density at radius 1 is 1.36 bits per heavy atom. The average Bonchev–Trinajstić information content (AvgIpc) is 2.67. The van der Waals surface area contributed by atoms with Crippen LogP contribution in [-0.2, 0) is 19.1 Å². The molecule has 1 aliphatic heterocycles. The van der Waals surface area contributed by atoms with Gasteiger partial charge in [0.1, 0.15) is 11.6 Å². The topological polar surface area (TPSA) is 133 Å². The highest BCUT2D eigenvalue weighted by atomic mass is 16.6. The van der Waals surface area contributed by atoms with Crippen molar-refractivity contribution < 1.29 is 34.1 Å². The Hall–Kier alpha value is -2.32. The number of hydrogen-bond donors (Lipinski definition) is 3. The lowest BCUT2D eigenvalue weighted by Crippen LogP contribution is -2.50. The first kappa shape index (κ1) is 17.7. The van der Waals surface area contributed by atoms with Crippen molar-refractivity contribution in [1.29, 1.82) is 0 Å². The van der Waals surface area contributed by atoms with Crippen molar-refractivity contribution in [1.82, 2.24) is 10.2 Å². The maximum Gasteiger partial charge on any atom is 0.408 e. The third kappa shape index (κ3) is 5.23. The van der Waals surface area contributed by atoms with Crippen molar-refractivity contribution in [2.75, 3.05) is 13.1 Å². The number of nitrogens with one attached hydrogen (secondary N) is 1. The van der Waals surface area contributed by atoms with Gasteiger partial charge in [-0.15, -0.1) is 0 Å². The summed E-state index contributed by atoms with van der Waals surface area (Å²) in [5.41, 5.74) is -0.787. The zero-order chi connectivity index (χ0) is 17.1. The molecular formula is C13H20N2O7. The van der Waals surface area contributed by atoms with Crippen molar-refractivity contribution >= 4 is 23.9 Å². The molecule has 9 nitrogen and oxygen atoms in total. The molecule has 124 valence electrons. The van der Waals surface area contributed by atoms with Crippen molar-refractivity contribution in [3.05, 3.63) is 0 Å². The number of carboxylic acids is 2. The molecule has 0 aromatic carbocycles. The van der Waals surface area contributed by atoms with Crippen LogP contribution in [0.15, 0.2) is 0 Å². The van der Waals surface area contributed by atoms with E-state index in [4.69, 9.17) is 14.9 Å². The smallest absolute Gasteiger partial charge is 0.408 e. The Morgan fingerprint density at radius 2 is 1.95 bits per heavy atom. The lowest BCUT2D eigenvalue weighted by atomic mass is 10.1. The van der Waals surface area contributed by atoms with Crippen LogP contribution in [0.3, 0.4) is 0 Å². The van der Waals surface area contributed by atoms with Crippen molar-refractivity contribution in [3.63, 3.8) is 0 Å². The molecule has 1 heterocycles. The van der Waals surface area contributed by atoms with E-state index < -0.39 is 41.5 Å². The second-order valence-electron chi connectivity index (χ2n) is 6.08. The quantitative estimate of drug-likeness (QED) is 0.644. The first-order chi connectivity index (χ1) is 9.99. The molecule has 2 atom stereocenters. The first-order valence-electron chi connectivity index (χ1n) is 6.72. The second-order valence-corrected chi connectivity index (χ2v) is 6.08. The van der Waals surface area contributed by atoms with Gasteiger partial charge in [-0.1, -0.05) is 0 Å². The highest BCUT2D eigenvalue weighted by molar-refractivity contribution is 5.87. The van der Waals surface area contributed by atoms with Gasteiger partial charge in [-0.3, -0.25) is 9.59 Å². The van der Waals surface area contributed by atoms with Crippen molar-refractivity contribution in [2.24, 2.45) is 5.92 Å². The first-order valence-corrected chi connectivity index (χ1v) is 6.72. The third-order valence-corrected chi connectivity index (χ3v) is 2.96. The Kier molecular flexibility index (Phi) is 5.34. The summed E-state index contributed by atoms with van der Waals surface area (Å²) < 4.78 is 4.96. The van der Waals surface area contributed by atoms with Gasteiger partial charge in [-0.05, 0) is 20.8 Å². The van der Waals surface area contributed by atoms with Crippen LogP contribution in [0.1, 0.15) is 27.2 Å². The Balaban J connectivity index is 2.66. The summed E-state index contributed by atoms with van der Waals surface area (Å²) in [5.74, 6) is -3.76. The van der Waals surface area contributed by atoms with Gasteiger partial charge in [-0.25, -0.2) is 9.59 Å². The summed E-state index contributed by atoms with van der Waals surface area (Å²) in [4.78, 5) is 46.5. The molecule has 2 amide bonds. The van der Waals surface area contributed by atoms with Gasteiger partial charge in [0.15, 0.2) is 0 Å². The minimum Gasteiger partial charge on any atom is -0.481 e. The fourth-order valence-corrected chi connectivity index (χ4v) is 1.97. The highest BCUT2D eigenvalue weighted by Gasteiger charge is 2.37. The van der Waals surface area contributed by atoms with E-state index in [1.165, 1.54) is 0 Å². The Morgan fingerprint density at radius 3 is 2.36 bits per heavy atom. The van der Waals surface area contributed by atoms with Crippen LogP contribution in [0, 0.1) is 5.92 Å². The number of likely N-dealkylation sites (tertiary alicyclic amines) is 1. The molecule has 0 aromatic rings. The number of aliphatic carboxylic acids is 2. The van der Waals surface area contributed by atoms with Crippen LogP contribution >= 0.6 is 0 Å². The van der Waals surface area contributed by atoms with E-state index in [0.717, 1.165) is 4.90 Å². The maximum atomic E-state index is 11.7. The van der Waals surface area contributed by atoms with E-state index >= 15 is 0 Å². The summed E-state index contributed by atoms with van der Waals surface area (Å²) in [5, 5.41) is 20.2. The zero-order valence-corrected chi connectivity index (χ0v) is 12.7. The van der Waals surface area contributed by atoms with Gasteiger partial charge in [0.2, 0.25) is 5.91 Å². The number of rotatable bonds is 5. The van der Waals surface area contributed by atoms with Gasteiger partial charge in [0.05, 0.1) is 12.5 Å². The summed E-state index contributed by atoms with van der Waals surface area (Å²) in [7, 11) is 0. The van der Waals surface area contributed by atoms with Crippen LogP contribution < -0.4 is 5.32 Å². The predicted octanol–water partition coefficient (Wildman–Crippen LogP) is -0.103. The summed E-state index contributed by atoms with van der Waals surface area (Å²) in [6.45, 7) is 4.50. The molecular weight excluding hydrogens is 296 g/mol. The van der Waals surface area contributed by atoms with Crippen LogP contribution in [0.2, 0.25) is 0 Å². The monoisotopic (exact) mass is 316 g/mol. The average molecular weight is 316 g/mol. The number of carbonyl (C=O) groups is 4. The van der Waals surface area contributed by atoms with Crippen molar-refractivity contribution in [3.8, 4) is 0 Å². The molecule has 1 aliphatic rings. The van der Waals surface area contributed by atoms with E-state index in [9.17, 15) is 19.2 Å². The predicted molar refractivity (Wildman–Crippen MR) is 73.1 cm³/mol. The fourth-order valence-electron chi connectivity index (χ4n) is 1.97. The highest BCUT2D eigenvalue weighted by Crippen LogP contribution is 2.18. The number of alkyl carbamates (subject to hydrolysis) is 1. The standard InChI is InChI=1S/C13H20N2O7/c1-13(2,3)22-12(21)14-8(11(19)20)6-15-5-7(10(17)18)4-9(15)16/h7-8H,4-6H2,1-3H3,(H,14,21)(H,17,18)(H,19,20). The van der Waals surface area contributed by atoms with Crippen LogP contribution in [0.4, 0.5) is 4.79 Å². The van der Waals surface area contributed by atoms with Crippen LogP contribution in [0.25, 0.3) is 0 Å². The number of carboxylic acid groups (broad SMARTS) is 2. The van der Waals surface area contributed by atoms with Gasteiger partial charge in [0, 0.05) is 13.0 Å². The van der Waals surface area contributed by atoms with Crippen LogP contribution in [-0.4, -0.2) is 63.8 Å². The number of carbonyl (C=O) groups excluding carboxylic acids is 2. The molecule has 2 unspecified atom stereocenters. The summed E-state index contributed by atoms with van der Waals surface area (Å²) in [6, 6.07) is -1.37. The SMILES string of the molecule is CC(C)(C)OC(=O)NC(CN1CC(C(=O)O)CC1=O)C(=O)O. The number of ether oxygens (including phenoxy) is 1. The summed E-state index contributed by atoms with van der Waals surface area (Å²) in [6.07, 6.45) is -1.09. The van der Waals surface area contributed by atoms with Gasteiger partial charge >= 0.3 is 18.0 Å². The van der Waals surface area contributed by atoms with E-state index in [2.05, 4.69) is 5.32 Å². The Labute approximate surface area is 127 Å². The number of hydrogen-bond acceptors (Lipinski definition) is 5. The largest absolute Gasteiger partial charge is 0.481 e. The molecule has 0 radical (unpaired) electrons. The normalized spacial score (nSPS) is 19.7. The van der Waals surface area contributed by atoms with Crippen molar-refractivity contribution in [2.45, 2.75) is 38.8 Å².